The van der Waals surface area contributed by atoms with Crippen LogP contribution in [0.2, 0.25) is 5.02 Å². The van der Waals surface area contributed by atoms with Crippen LogP contribution in [0.25, 0.3) is 0 Å². The van der Waals surface area contributed by atoms with Crippen molar-refractivity contribution < 1.29 is 14.3 Å². The van der Waals surface area contributed by atoms with Gasteiger partial charge in [0.15, 0.2) is 0 Å². The molecule has 0 bridgehead atoms. The van der Waals surface area contributed by atoms with Crippen molar-refractivity contribution in [2.45, 2.75) is 25.9 Å². The molecule has 0 saturated carbocycles. The molecule has 0 heterocycles. The van der Waals surface area contributed by atoms with E-state index in [9.17, 15) is 9.18 Å². The van der Waals surface area contributed by atoms with E-state index >= 15 is 0 Å². The highest BCUT2D eigenvalue weighted by molar-refractivity contribution is 6.31. The molecule has 1 atom stereocenters. The first-order valence-electron chi connectivity index (χ1n) is 4.61. The quantitative estimate of drug-likeness (QED) is 0.861. The van der Waals surface area contributed by atoms with E-state index in [-0.39, 0.29) is 12.3 Å². The van der Waals surface area contributed by atoms with Crippen LogP contribution in [0.4, 0.5) is 4.39 Å². The molecule has 0 aromatic heterocycles. The number of carboxylic acids is 1. The molecule has 15 heavy (non-hydrogen) atoms. The van der Waals surface area contributed by atoms with Gasteiger partial charge in [-0.15, -0.1) is 0 Å². The fourth-order valence-corrected chi connectivity index (χ4v) is 1.78. The van der Waals surface area contributed by atoms with Crippen molar-refractivity contribution >= 4 is 17.6 Å². The van der Waals surface area contributed by atoms with Crippen molar-refractivity contribution in [3.05, 3.63) is 34.3 Å². The Bertz CT molecular complexity index is 366. The molecule has 1 N–H and O–H groups in total. The Labute approximate surface area is 92.7 Å². The van der Waals surface area contributed by atoms with E-state index in [1.807, 2.05) is 0 Å². The molecule has 0 spiro atoms. The third-order valence-corrected chi connectivity index (χ3v) is 2.65. The number of halogens is 2. The second-order valence-electron chi connectivity index (χ2n) is 3.44. The average Bonchev–Trinajstić information content (AvgIpc) is 2.16. The molecular weight excluding hydrogens is 219 g/mol. The van der Waals surface area contributed by atoms with Gasteiger partial charge in [0.2, 0.25) is 0 Å². The standard InChI is InChI=1S/C11H12ClFO2/c1-7(5-11(14)15)8-3-2-4-10(12)9(8)6-13/h2-4,7H,5-6H2,1H3,(H,14,15). The van der Waals surface area contributed by atoms with E-state index < -0.39 is 12.6 Å². The summed E-state index contributed by atoms with van der Waals surface area (Å²) in [5.74, 6) is -1.13. The van der Waals surface area contributed by atoms with Gasteiger partial charge in [0.25, 0.3) is 0 Å². The number of benzene rings is 1. The number of carbonyl (C=O) groups is 1. The molecule has 0 radical (unpaired) electrons. The second-order valence-corrected chi connectivity index (χ2v) is 3.85. The van der Waals surface area contributed by atoms with E-state index in [1.165, 1.54) is 0 Å². The van der Waals surface area contributed by atoms with Gasteiger partial charge >= 0.3 is 5.97 Å². The SMILES string of the molecule is CC(CC(=O)O)c1cccc(Cl)c1CF. The molecule has 0 saturated heterocycles. The van der Waals surface area contributed by atoms with E-state index in [1.54, 1.807) is 25.1 Å². The summed E-state index contributed by atoms with van der Waals surface area (Å²) in [6.45, 7) is 1.08. The second kappa shape index (κ2) is 5.12. The van der Waals surface area contributed by atoms with Crippen LogP contribution in [0.5, 0.6) is 0 Å². The number of alkyl halides is 1. The third kappa shape index (κ3) is 2.93. The van der Waals surface area contributed by atoms with Crippen molar-refractivity contribution in [1.29, 1.82) is 0 Å². The molecule has 1 aromatic carbocycles. The van der Waals surface area contributed by atoms with Gasteiger partial charge < -0.3 is 5.11 Å². The highest BCUT2D eigenvalue weighted by Gasteiger charge is 2.15. The van der Waals surface area contributed by atoms with Gasteiger partial charge in [-0.3, -0.25) is 4.79 Å². The number of carboxylic acid groups (broad SMARTS) is 1. The molecule has 1 aromatic rings. The summed E-state index contributed by atoms with van der Waals surface area (Å²) in [5.41, 5.74) is 1.07. The monoisotopic (exact) mass is 230 g/mol. The summed E-state index contributed by atoms with van der Waals surface area (Å²) >= 11 is 5.82. The summed E-state index contributed by atoms with van der Waals surface area (Å²) in [4.78, 5) is 10.5. The number of aliphatic carboxylic acids is 1. The summed E-state index contributed by atoms with van der Waals surface area (Å²) in [6.07, 6.45) is -0.0205. The van der Waals surface area contributed by atoms with Crippen molar-refractivity contribution in [3.63, 3.8) is 0 Å². The van der Waals surface area contributed by atoms with E-state index in [4.69, 9.17) is 16.7 Å². The first-order valence-corrected chi connectivity index (χ1v) is 4.99. The molecule has 1 rings (SSSR count). The van der Waals surface area contributed by atoms with E-state index in [2.05, 4.69) is 0 Å². The van der Waals surface area contributed by atoms with Crippen LogP contribution in [0.1, 0.15) is 30.4 Å². The number of rotatable bonds is 4. The Morgan fingerprint density at radius 3 is 2.80 bits per heavy atom. The zero-order valence-corrected chi connectivity index (χ0v) is 9.09. The predicted molar refractivity (Wildman–Crippen MR) is 56.9 cm³/mol. The summed E-state index contributed by atoms with van der Waals surface area (Å²) < 4.78 is 12.7. The van der Waals surface area contributed by atoms with Crippen LogP contribution in [-0.2, 0) is 11.5 Å². The fraction of sp³-hybridized carbons (Fsp3) is 0.364. The molecule has 0 aliphatic carbocycles. The van der Waals surface area contributed by atoms with Gasteiger partial charge in [0, 0.05) is 10.6 Å². The highest BCUT2D eigenvalue weighted by atomic mass is 35.5. The van der Waals surface area contributed by atoms with Crippen LogP contribution < -0.4 is 0 Å². The lowest BCUT2D eigenvalue weighted by Gasteiger charge is -2.14. The van der Waals surface area contributed by atoms with Gasteiger partial charge in [-0.2, -0.15) is 0 Å². The minimum Gasteiger partial charge on any atom is -0.481 e. The molecule has 0 aliphatic heterocycles. The van der Waals surface area contributed by atoms with Crippen LogP contribution in [0.15, 0.2) is 18.2 Å². The zero-order valence-electron chi connectivity index (χ0n) is 8.34. The summed E-state index contributed by atoms with van der Waals surface area (Å²) in [6, 6.07) is 5.02. The summed E-state index contributed by atoms with van der Waals surface area (Å²) in [5, 5.41) is 9.01. The first kappa shape index (κ1) is 12.0. The van der Waals surface area contributed by atoms with Crippen molar-refractivity contribution in [1.82, 2.24) is 0 Å². The topological polar surface area (TPSA) is 37.3 Å². The van der Waals surface area contributed by atoms with Gasteiger partial charge in [-0.05, 0) is 17.5 Å². The van der Waals surface area contributed by atoms with Crippen molar-refractivity contribution in [3.8, 4) is 0 Å². The number of hydrogen-bond donors (Lipinski definition) is 1. The Kier molecular flexibility index (Phi) is 4.09. The van der Waals surface area contributed by atoms with Crippen LogP contribution >= 0.6 is 11.6 Å². The maximum absolute atomic E-state index is 12.7. The molecule has 4 heteroatoms. The van der Waals surface area contributed by atoms with Gasteiger partial charge in [-0.25, -0.2) is 4.39 Å². The normalized spacial score (nSPS) is 12.5. The molecule has 0 aliphatic rings. The van der Waals surface area contributed by atoms with E-state index in [0.717, 1.165) is 0 Å². The lowest BCUT2D eigenvalue weighted by molar-refractivity contribution is -0.137. The fourth-order valence-electron chi connectivity index (χ4n) is 1.55. The van der Waals surface area contributed by atoms with Crippen molar-refractivity contribution in [2.24, 2.45) is 0 Å². The van der Waals surface area contributed by atoms with Gasteiger partial charge in [0.05, 0.1) is 6.42 Å². The molecule has 82 valence electrons. The third-order valence-electron chi connectivity index (χ3n) is 2.30. The minimum absolute atomic E-state index is 0.0205. The maximum atomic E-state index is 12.7. The largest absolute Gasteiger partial charge is 0.481 e. The zero-order chi connectivity index (χ0) is 11.4. The lowest BCUT2D eigenvalue weighted by atomic mass is 9.93. The Balaban J connectivity index is 3.02. The first-order chi connectivity index (χ1) is 7.06. The minimum atomic E-state index is -0.896. The molecule has 0 fully saturated rings. The Hall–Kier alpha value is -1.09. The van der Waals surface area contributed by atoms with E-state index in [0.29, 0.717) is 16.1 Å². The highest BCUT2D eigenvalue weighted by Crippen LogP contribution is 2.28. The van der Waals surface area contributed by atoms with Crippen molar-refractivity contribution in [2.75, 3.05) is 0 Å². The molecular formula is C11H12ClFO2. The smallest absolute Gasteiger partial charge is 0.303 e. The average molecular weight is 231 g/mol. The molecule has 2 nitrogen and oxygen atoms in total. The van der Waals surface area contributed by atoms with Crippen LogP contribution in [0, 0.1) is 0 Å². The van der Waals surface area contributed by atoms with Crippen LogP contribution in [-0.4, -0.2) is 11.1 Å². The summed E-state index contributed by atoms with van der Waals surface area (Å²) in [7, 11) is 0. The molecule has 0 amide bonds. The Morgan fingerprint density at radius 2 is 2.27 bits per heavy atom. The Morgan fingerprint density at radius 1 is 1.60 bits per heavy atom. The molecule has 1 unspecified atom stereocenters. The van der Waals surface area contributed by atoms with Gasteiger partial charge in [-0.1, -0.05) is 30.7 Å². The van der Waals surface area contributed by atoms with Crippen LogP contribution in [0.3, 0.4) is 0 Å². The predicted octanol–water partition coefficient (Wildman–Crippen LogP) is 3.39. The lowest BCUT2D eigenvalue weighted by Crippen LogP contribution is -2.05. The van der Waals surface area contributed by atoms with Gasteiger partial charge in [0.1, 0.15) is 6.67 Å². The number of hydrogen-bond acceptors (Lipinski definition) is 1. The maximum Gasteiger partial charge on any atom is 0.303 e.